The lowest BCUT2D eigenvalue weighted by molar-refractivity contribution is -0.126. The van der Waals surface area contributed by atoms with E-state index in [1.807, 2.05) is 35.7 Å². The van der Waals surface area contributed by atoms with Crippen LogP contribution in [0.4, 0.5) is 0 Å². The number of benzene rings is 1. The highest BCUT2D eigenvalue weighted by molar-refractivity contribution is 7.09. The highest BCUT2D eigenvalue weighted by Gasteiger charge is 2.13. The molecule has 1 aromatic heterocycles. The van der Waals surface area contributed by atoms with Crippen molar-refractivity contribution in [2.45, 2.75) is 25.9 Å². The Labute approximate surface area is 143 Å². The van der Waals surface area contributed by atoms with Gasteiger partial charge in [0.25, 0.3) is 0 Å². The highest BCUT2D eigenvalue weighted by atomic mass is 32.1. The average Bonchev–Trinajstić information content (AvgIpc) is 3.26. The van der Waals surface area contributed by atoms with Gasteiger partial charge in [0.2, 0.25) is 18.6 Å². The minimum atomic E-state index is -0.154. The van der Waals surface area contributed by atoms with Crippen LogP contribution in [0.3, 0.4) is 0 Å². The number of carbonyl (C=O) groups is 2. The molecule has 0 unspecified atom stereocenters. The first kappa shape index (κ1) is 16.3. The molecule has 6 nitrogen and oxygen atoms in total. The molecule has 1 aliphatic rings. The summed E-state index contributed by atoms with van der Waals surface area (Å²) in [6, 6.07) is 9.44. The minimum Gasteiger partial charge on any atom is -0.454 e. The predicted octanol–water partition coefficient (Wildman–Crippen LogP) is 2.19. The maximum atomic E-state index is 11.8. The molecule has 7 heteroatoms. The topological polar surface area (TPSA) is 76.7 Å². The van der Waals surface area contributed by atoms with E-state index in [-0.39, 0.29) is 31.4 Å². The van der Waals surface area contributed by atoms with Gasteiger partial charge in [-0.25, -0.2) is 0 Å². The molecular formula is C17H18N2O4S. The largest absolute Gasteiger partial charge is 0.454 e. The molecule has 0 atom stereocenters. The Morgan fingerprint density at radius 2 is 1.75 bits per heavy atom. The molecule has 2 heterocycles. The van der Waals surface area contributed by atoms with Crippen LogP contribution in [0.25, 0.3) is 0 Å². The van der Waals surface area contributed by atoms with Crippen molar-refractivity contribution in [2.24, 2.45) is 0 Å². The molecule has 1 aliphatic heterocycles. The van der Waals surface area contributed by atoms with E-state index in [0.717, 1.165) is 10.4 Å². The minimum absolute atomic E-state index is 0.123. The van der Waals surface area contributed by atoms with E-state index in [1.54, 1.807) is 11.3 Å². The molecule has 126 valence electrons. The maximum absolute atomic E-state index is 11.8. The Balaban J connectivity index is 1.35. The van der Waals surface area contributed by atoms with Gasteiger partial charge in [0.1, 0.15) is 0 Å². The lowest BCUT2D eigenvalue weighted by Crippen LogP contribution is -2.27. The standard InChI is InChI=1S/C17H18N2O4S/c20-16(5-6-17(21)19-10-13-2-1-7-24-13)18-9-12-3-4-14-15(8-12)23-11-22-14/h1-4,7-8H,5-6,9-11H2,(H,18,20)(H,19,21). The summed E-state index contributed by atoms with van der Waals surface area (Å²) in [5.74, 6) is 1.13. The van der Waals surface area contributed by atoms with Gasteiger partial charge in [0, 0.05) is 24.3 Å². The van der Waals surface area contributed by atoms with Crippen molar-refractivity contribution in [3.8, 4) is 11.5 Å². The second kappa shape index (κ2) is 7.83. The van der Waals surface area contributed by atoms with Gasteiger partial charge in [0.05, 0.1) is 6.54 Å². The zero-order valence-corrected chi connectivity index (χ0v) is 13.9. The van der Waals surface area contributed by atoms with Crippen LogP contribution in [0, 0.1) is 0 Å². The van der Waals surface area contributed by atoms with Crippen LogP contribution >= 0.6 is 11.3 Å². The molecule has 2 amide bonds. The van der Waals surface area contributed by atoms with Gasteiger partial charge in [-0.1, -0.05) is 12.1 Å². The van der Waals surface area contributed by atoms with Crippen molar-refractivity contribution >= 4 is 23.2 Å². The number of ether oxygens (including phenoxy) is 2. The smallest absolute Gasteiger partial charge is 0.231 e. The van der Waals surface area contributed by atoms with Gasteiger partial charge < -0.3 is 20.1 Å². The quantitative estimate of drug-likeness (QED) is 0.806. The zero-order valence-electron chi connectivity index (χ0n) is 13.0. The summed E-state index contributed by atoms with van der Waals surface area (Å²) in [5.41, 5.74) is 0.926. The van der Waals surface area contributed by atoms with Crippen molar-refractivity contribution in [2.75, 3.05) is 6.79 Å². The number of rotatable bonds is 7. The molecule has 0 radical (unpaired) electrons. The van der Waals surface area contributed by atoms with Crippen molar-refractivity contribution < 1.29 is 19.1 Å². The van der Waals surface area contributed by atoms with Crippen molar-refractivity contribution in [3.05, 3.63) is 46.2 Å². The van der Waals surface area contributed by atoms with E-state index in [2.05, 4.69) is 10.6 Å². The van der Waals surface area contributed by atoms with Gasteiger partial charge in [-0.2, -0.15) is 0 Å². The van der Waals surface area contributed by atoms with Crippen LogP contribution in [0.15, 0.2) is 35.7 Å². The molecule has 3 rings (SSSR count). The molecule has 24 heavy (non-hydrogen) atoms. The van der Waals surface area contributed by atoms with Crippen LogP contribution in [0.5, 0.6) is 11.5 Å². The first-order valence-corrected chi connectivity index (χ1v) is 8.53. The number of hydrogen-bond acceptors (Lipinski definition) is 5. The van der Waals surface area contributed by atoms with Crippen molar-refractivity contribution in [1.82, 2.24) is 10.6 Å². The zero-order chi connectivity index (χ0) is 16.8. The first-order chi connectivity index (χ1) is 11.7. The number of amides is 2. The monoisotopic (exact) mass is 346 g/mol. The van der Waals surface area contributed by atoms with E-state index in [1.165, 1.54) is 0 Å². The molecule has 0 saturated carbocycles. The molecule has 2 N–H and O–H groups in total. The SMILES string of the molecule is O=C(CCC(=O)NCc1cccs1)NCc1ccc2c(c1)OCO2. The normalized spacial score (nSPS) is 12.0. The Hall–Kier alpha value is -2.54. The molecular weight excluding hydrogens is 328 g/mol. The fraction of sp³-hybridized carbons (Fsp3) is 0.294. The van der Waals surface area contributed by atoms with Gasteiger partial charge in [-0.15, -0.1) is 11.3 Å². The number of hydrogen-bond donors (Lipinski definition) is 2. The summed E-state index contributed by atoms with van der Waals surface area (Å²) in [6.07, 6.45) is 0.346. The molecule has 0 fully saturated rings. The predicted molar refractivity (Wildman–Crippen MR) is 89.8 cm³/mol. The molecule has 0 bridgehead atoms. The van der Waals surface area contributed by atoms with Gasteiger partial charge in [0.15, 0.2) is 11.5 Å². The van der Waals surface area contributed by atoms with E-state index < -0.39 is 0 Å². The summed E-state index contributed by atoms with van der Waals surface area (Å²) in [4.78, 5) is 24.7. The third-order valence-electron chi connectivity index (χ3n) is 3.55. The number of fused-ring (bicyclic) bond motifs is 1. The van der Waals surface area contributed by atoms with E-state index in [9.17, 15) is 9.59 Å². The van der Waals surface area contributed by atoms with Crippen LogP contribution in [-0.2, 0) is 22.7 Å². The Kier molecular flexibility index (Phi) is 5.32. The molecule has 0 saturated heterocycles. The van der Waals surface area contributed by atoms with Crippen LogP contribution in [0.1, 0.15) is 23.3 Å². The maximum Gasteiger partial charge on any atom is 0.231 e. The third-order valence-corrected chi connectivity index (χ3v) is 4.42. The van der Waals surface area contributed by atoms with E-state index in [4.69, 9.17) is 9.47 Å². The molecule has 0 aliphatic carbocycles. The summed E-state index contributed by atoms with van der Waals surface area (Å²) in [6.45, 7) is 1.13. The van der Waals surface area contributed by atoms with Gasteiger partial charge in [-0.05, 0) is 29.1 Å². The molecule has 2 aromatic rings. The number of thiophene rings is 1. The third kappa shape index (κ3) is 4.48. The Bertz CT molecular complexity index is 715. The lowest BCUT2D eigenvalue weighted by atomic mass is 10.2. The fourth-order valence-corrected chi connectivity index (χ4v) is 2.90. The number of nitrogens with one attached hydrogen (secondary N) is 2. The lowest BCUT2D eigenvalue weighted by Gasteiger charge is -2.07. The van der Waals surface area contributed by atoms with Crippen molar-refractivity contribution in [3.63, 3.8) is 0 Å². The summed E-state index contributed by atoms with van der Waals surface area (Å²) in [5, 5.41) is 7.57. The van der Waals surface area contributed by atoms with Crippen LogP contribution in [0.2, 0.25) is 0 Å². The van der Waals surface area contributed by atoms with Crippen LogP contribution in [-0.4, -0.2) is 18.6 Å². The number of carbonyl (C=O) groups excluding carboxylic acids is 2. The van der Waals surface area contributed by atoms with E-state index >= 15 is 0 Å². The first-order valence-electron chi connectivity index (χ1n) is 7.65. The van der Waals surface area contributed by atoms with Gasteiger partial charge >= 0.3 is 0 Å². The molecule has 0 spiro atoms. The summed E-state index contributed by atoms with van der Waals surface area (Å²) < 4.78 is 10.5. The fourth-order valence-electron chi connectivity index (χ4n) is 2.25. The summed E-state index contributed by atoms with van der Waals surface area (Å²) >= 11 is 1.59. The van der Waals surface area contributed by atoms with Crippen molar-refractivity contribution in [1.29, 1.82) is 0 Å². The van der Waals surface area contributed by atoms with Gasteiger partial charge in [-0.3, -0.25) is 9.59 Å². The highest BCUT2D eigenvalue weighted by Crippen LogP contribution is 2.32. The molecule has 1 aromatic carbocycles. The second-order valence-electron chi connectivity index (χ2n) is 5.32. The average molecular weight is 346 g/mol. The van der Waals surface area contributed by atoms with E-state index in [0.29, 0.717) is 24.6 Å². The summed E-state index contributed by atoms with van der Waals surface area (Å²) in [7, 11) is 0. The Morgan fingerprint density at radius 3 is 2.50 bits per heavy atom. The Morgan fingerprint density at radius 1 is 1.00 bits per heavy atom. The van der Waals surface area contributed by atoms with Crippen LogP contribution < -0.4 is 20.1 Å². The second-order valence-corrected chi connectivity index (χ2v) is 6.35.